The lowest BCUT2D eigenvalue weighted by Crippen LogP contribution is -2.37. The first kappa shape index (κ1) is 17.4. The second kappa shape index (κ2) is 6.52. The topological polar surface area (TPSA) is 61.7 Å². The molecule has 6 heteroatoms. The van der Waals surface area contributed by atoms with Gasteiger partial charge in [0, 0.05) is 5.41 Å². The molecular formula is C12H22FNO3S. The van der Waals surface area contributed by atoms with Crippen LogP contribution in [0.2, 0.25) is 0 Å². The van der Waals surface area contributed by atoms with Crippen LogP contribution < -0.4 is 0 Å². The van der Waals surface area contributed by atoms with Gasteiger partial charge in [0.1, 0.15) is 22.8 Å². The van der Waals surface area contributed by atoms with Gasteiger partial charge >= 0.3 is 5.97 Å². The average molecular weight is 279 g/mol. The molecule has 0 aromatic heterocycles. The summed E-state index contributed by atoms with van der Waals surface area (Å²) >= 11 is -1.62. The lowest BCUT2D eigenvalue weighted by atomic mass is 9.89. The van der Waals surface area contributed by atoms with Gasteiger partial charge in [-0.1, -0.05) is 18.2 Å². The molecule has 0 aliphatic heterocycles. The number of alkyl halides is 1. The smallest absolute Gasteiger partial charge is 0.357 e. The third kappa shape index (κ3) is 4.94. The maximum Gasteiger partial charge on any atom is 0.357 e. The summed E-state index contributed by atoms with van der Waals surface area (Å²) in [6, 6.07) is 0. The fourth-order valence-electron chi connectivity index (χ4n) is 0.920. The van der Waals surface area contributed by atoms with Crippen LogP contribution in [0.3, 0.4) is 0 Å². The van der Waals surface area contributed by atoms with Crippen LogP contribution in [0, 0.1) is 5.41 Å². The summed E-state index contributed by atoms with van der Waals surface area (Å²) < 4.78 is 33.0. The lowest BCUT2D eigenvalue weighted by molar-refractivity contribution is -0.135. The van der Waals surface area contributed by atoms with Gasteiger partial charge in [0.15, 0.2) is 5.71 Å². The van der Waals surface area contributed by atoms with E-state index in [4.69, 9.17) is 4.74 Å². The van der Waals surface area contributed by atoms with Crippen molar-refractivity contribution in [3.8, 4) is 0 Å². The zero-order valence-electron chi connectivity index (χ0n) is 11.9. The molecule has 106 valence electrons. The molecule has 18 heavy (non-hydrogen) atoms. The van der Waals surface area contributed by atoms with Crippen molar-refractivity contribution in [3.63, 3.8) is 0 Å². The molecule has 0 radical (unpaired) electrons. The summed E-state index contributed by atoms with van der Waals surface area (Å²) in [6.45, 7) is 9.31. The highest BCUT2D eigenvalue weighted by molar-refractivity contribution is 7.91. The number of carbonyl (C=O) groups excluding carboxylic acids is 1. The first-order valence-corrected chi connectivity index (χ1v) is 6.91. The van der Waals surface area contributed by atoms with Crippen LogP contribution in [0.15, 0.2) is 4.40 Å². The van der Waals surface area contributed by atoms with Gasteiger partial charge in [0.25, 0.3) is 0 Å². The van der Waals surface area contributed by atoms with E-state index >= 15 is 0 Å². The standard InChI is InChI=1S/C12H22FNO3S/c1-7-17-10(15)9(12(5,6)8-13)14-18(16)11(2,3)4/h7-8H2,1-6H3/b14-9-/t18-/m0/s1. The number of hydrogen-bond acceptors (Lipinski definition) is 4. The fourth-order valence-corrected chi connectivity index (χ4v) is 1.68. The SMILES string of the molecule is CCOC(=O)/C(=N/[S@@+]([O-])C(C)(C)C)C(C)(C)CF. The molecule has 0 rings (SSSR count). The van der Waals surface area contributed by atoms with Crippen LogP contribution in [-0.2, 0) is 20.9 Å². The molecule has 0 N–H and O–H groups in total. The van der Waals surface area contributed by atoms with Crippen molar-refractivity contribution in [2.45, 2.75) is 46.3 Å². The predicted molar refractivity (Wildman–Crippen MR) is 71.7 cm³/mol. The van der Waals surface area contributed by atoms with E-state index in [1.54, 1.807) is 27.7 Å². The number of esters is 1. The molecule has 0 saturated heterocycles. The van der Waals surface area contributed by atoms with Gasteiger partial charge in [0.05, 0.1) is 6.61 Å². The molecule has 0 aromatic rings. The Bertz CT molecular complexity index is 324. The van der Waals surface area contributed by atoms with Crippen molar-refractivity contribution in [1.29, 1.82) is 0 Å². The molecular weight excluding hydrogens is 257 g/mol. The summed E-state index contributed by atoms with van der Waals surface area (Å²) in [7, 11) is 0. The highest BCUT2D eigenvalue weighted by atomic mass is 32.2. The number of carbonyl (C=O) groups is 1. The molecule has 0 spiro atoms. The number of rotatable bonds is 5. The summed E-state index contributed by atoms with van der Waals surface area (Å²) in [5, 5.41) is 0. The number of halogens is 1. The van der Waals surface area contributed by atoms with E-state index < -0.39 is 34.2 Å². The van der Waals surface area contributed by atoms with Crippen LogP contribution >= 0.6 is 0 Å². The zero-order valence-corrected chi connectivity index (χ0v) is 12.7. The molecule has 0 bridgehead atoms. The van der Waals surface area contributed by atoms with Crippen LogP contribution in [-0.4, -0.2) is 34.3 Å². The average Bonchev–Trinajstić information content (AvgIpc) is 2.24. The maximum atomic E-state index is 13.0. The highest BCUT2D eigenvalue weighted by Crippen LogP contribution is 2.24. The molecule has 0 aromatic carbocycles. The minimum Gasteiger partial charge on any atom is -0.591 e. The van der Waals surface area contributed by atoms with Crippen molar-refractivity contribution in [2.75, 3.05) is 13.3 Å². The normalized spacial score (nSPS) is 15.4. The van der Waals surface area contributed by atoms with Crippen molar-refractivity contribution in [1.82, 2.24) is 0 Å². The van der Waals surface area contributed by atoms with Gasteiger partial charge in [-0.2, -0.15) is 0 Å². The van der Waals surface area contributed by atoms with Gasteiger partial charge in [-0.3, -0.25) is 4.39 Å². The molecule has 0 unspecified atom stereocenters. The minimum atomic E-state index is -1.62. The third-order valence-electron chi connectivity index (χ3n) is 2.14. The highest BCUT2D eigenvalue weighted by Gasteiger charge is 2.37. The number of hydrogen-bond donors (Lipinski definition) is 0. The Hall–Kier alpha value is -0.620. The third-order valence-corrected chi connectivity index (χ3v) is 3.54. The van der Waals surface area contributed by atoms with E-state index in [0.29, 0.717) is 0 Å². The fraction of sp³-hybridized carbons (Fsp3) is 0.833. The second-order valence-corrected chi connectivity index (χ2v) is 7.45. The van der Waals surface area contributed by atoms with Crippen molar-refractivity contribution in [3.05, 3.63) is 0 Å². The van der Waals surface area contributed by atoms with E-state index in [1.807, 2.05) is 0 Å². The van der Waals surface area contributed by atoms with E-state index in [0.717, 1.165) is 0 Å². The van der Waals surface area contributed by atoms with E-state index in [2.05, 4.69) is 4.40 Å². The van der Waals surface area contributed by atoms with Crippen molar-refractivity contribution < 1.29 is 18.5 Å². The van der Waals surface area contributed by atoms with Crippen LogP contribution in [0.5, 0.6) is 0 Å². The van der Waals surface area contributed by atoms with Crippen molar-refractivity contribution in [2.24, 2.45) is 9.81 Å². The first-order valence-electron chi connectivity index (χ1n) is 5.80. The molecule has 0 aliphatic carbocycles. The molecule has 0 saturated carbocycles. The van der Waals surface area contributed by atoms with Crippen LogP contribution in [0.25, 0.3) is 0 Å². The van der Waals surface area contributed by atoms with E-state index in [9.17, 15) is 13.7 Å². The molecule has 4 nitrogen and oxygen atoms in total. The van der Waals surface area contributed by atoms with Crippen LogP contribution in [0.4, 0.5) is 4.39 Å². The van der Waals surface area contributed by atoms with E-state index in [-0.39, 0.29) is 12.3 Å². The second-order valence-electron chi connectivity index (χ2n) is 5.54. The van der Waals surface area contributed by atoms with Gasteiger partial charge in [0.2, 0.25) is 0 Å². The van der Waals surface area contributed by atoms with Crippen LogP contribution in [0.1, 0.15) is 41.5 Å². The largest absolute Gasteiger partial charge is 0.591 e. The lowest BCUT2D eigenvalue weighted by Gasteiger charge is -2.24. The Morgan fingerprint density at radius 3 is 2.17 bits per heavy atom. The number of ether oxygens (including phenoxy) is 1. The molecule has 0 aliphatic rings. The van der Waals surface area contributed by atoms with Gasteiger partial charge in [-0.25, -0.2) is 4.79 Å². The van der Waals surface area contributed by atoms with E-state index in [1.165, 1.54) is 13.8 Å². The summed E-state index contributed by atoms with van der Waals surface area (Å²) in [4.78, 5) is 11.8. The Morgan fingerprint density at radius 2 is 1.83 bits per heavy atom. The maximum absolute atomic E-state index is 13.0. The molecule has 0 amide bonds. The Morgan fingerprint density at radius 1 is 1.33 bits per heavy atom. The monoisotopic (exact) mass is 279 g/mol. The number of nitrogens with zero attached hydrogens (tertiary/aromatic N) is 1. The molecule has 1 atom stereocenters. The molecule has 0 fully saturated rings. The summed E-state index contributed by atoms with van der Waals surface area (Å²) in [5.41, 5.74) is -1.22. The zero-order chi connectivity index (χ0) is 14.6. The summed E-state index contributed by atoms with van der Waals surface area (Å²) in [6.07, 6.45) is 0. The Balaban J connectivity index is 5.36. The van der Waals surface area contributed by atoms with Crippen molar-refractivity contribution >= 4 is 23.0 Å². The van der Waals surface area contributed by atoms with Gasteiger partial charge < -0.3 is 9.29 Å². The Kier molecular flexibility index (Phi) is 6.29. The Labute approximate surface area is 111 Å². The predicted octanol–water partition coefficient (Wildman–Crippen LogP) is 2.45. The molecule has 0 heterocycles. The first-order chi connectivity index (χ1) is 8.06. The van der Waals surface area contributed by atoms with Gasteiger partial charge in [-0.15, -0.1) is 0 Å². The quantitative estimate of drug-likeness (QED) is 0.441. The summed E-state index contributed by atoms with van der Waals surface area (Å²) in [5.74, 6) is -0.710. The minimum absolute atomic E-state index is 0.111. The van der Waals surface area contributed by atoms with Gasteiger partial charge in [-0.05, 0) is 27.7 Å².